The Labute approximate surface area is 94.7 Å². The Kier molecular flexibility index (Phi) is 2.50. The minimum atomic E-state index is -0.701. The van der Waals surface area contributed by atoms with Gasteiger partial charge in [-0.3, -0.25) is 0 Å². The van der Waals surface area contributed by atoms with Crippen molar-refractivity contribution in [3.8, 4) is 0 Å². The molecule has 1 saturated heterocycles. The number of piperidine rings is 1. The first kappa shape index (κ1) is 10.00. The van der Waals surface area contributed by atoms with E-state index in [0.717, 1.165) is 24.5 Å². The van der Waals surface area contributed by atoms with Crippen LogP contribution in [-0.4, -0.2) is 29.2 Å². The van der Waals surface area contributed by atoms with Gasteiger partial charge in [-0.15, -0.1) is 0 Å². The molecule has 3 rings (SSSR count). The third-order valence-electron chi connectivity index (χ3n) is 3.36. The van der Waals surface area contributed by atoms with Gasteiger partial charge in [0.1, 0.15) is 18.3 Å². The average molecular weight is 221 g/mol. The largest absolute Gasteiger partial charge is 0.354 e. The van der Waals surface area contributed by atoms with E-state index in [4.69, 9.17) is 0 Å². The Bertz CT molecular complexity index is 378. The van der Waals surface area contributed by atoms with E-state index in [9.17, 15) is 4.39 Å². The van der Waals surface area contributed by atoms with Crippen LogP contribution in [-0.2, 0) is 0 Å². The van der Waals surface area contributed by atoms with Gasteiger partial charge in [0.25, 0.3) is 0 Å². The summed E-state index contributed by atoms with van der Waals surface area (Å²) in [5.74, 6) is 1.53. The lowest BCUT2D eigenvalue weighted by molar-refractivity contribution is 0.286. The highest BCUT2D eigenvalue weighted by Crippen LogP contribution is 2.39. The molecule has 86 valence electrons. The summed E-state index contributed by atoms with van der Waals surface area (Å²) < 4.78 is 13.3. The number of rotatable bonds is 2. The van der Waals surface area contributed by atoms with Gasteiger partial charge in [0, 0.05) is 24.2 Å². The van der Waals surface area contributed by atoms with E-state index < -0.39 is 6.17 Å². The van der Waals surface area contributed by atoms with Crippen LogP contribution in [0.15, 0.2) is 12.4 Å². The van der Waals surface area contributed by atoms with Crippen LogP contribution >= 0.6 is 0 Å². The molecular formula is C12H16FN3. The molecule has 1 aromatic rings. The molecule has 0 spiro atoms. The minimum absolute atomic E-state index is 0.487. The van der Waals surface area contributed by atoms with Crippen LogP contribution < -0.4 is 4.90 Å². The van der Waals surface area contributed by atoms with Crippen molar-refractivity contribution in [2.45, 2.75) is 37.8 Å². The van der Waals surface area contributed by atoms with Crippen LogP contribution in [0, 0.1) is 0 Å². The fourth-order valence-corrected chi connectivity index (χ4v) is 2.27. The van der Waals surface area contributed by atoms with Crippen LogP contribution in [0.1, 0.15) is 37.3 Å². The predicted octanol–water partition coefficient (Wildman–Crippen LogP) is 2.29. The smallest absolute Gasteiger partial charge is 0.132 e. The SMILES string of the molecule is FC1CCCN(c2cc(C3CC3)ncn2)C1. The number of hydrogen-bond donors (Lipinski definition) is 0. The highest BCUT2D eigenvalue weighted by molar-refractivity contribution is 5.41. The summed E-state index contributed by atoms with van der Waals surface area (Å²) in [5.41, 5.74) is 1.13. The van der Waals surface area contributed by atoms with Crippen LogP contribution in [0.25, 0.3) is 0 Å². The third-order valence-corrected chi connectivity index (χ3v) is 3.36. The third kappa shape index (κ3) is 2.01. The number of nitrogens with zero attached hydrogens (tertiary/aromatic N) is 3. The first-order chi connectivity index (χ1) is 7.83. The monoisotopic (exact) mass is 221 g/mol. The second-order valence-corrected chi connectivity index (χ2v) is 4.76. The second kappa shape index (κ2) is 4.00. The molecular weight excluding hydrogens is 205 g/mol. The molecule has 2 aliphatic rings. The van der Waals surface area contributed by atoms with Crippen molar-refractivity contribution in [3.05, 3.63) is 18.1 Å². The van der Waals surface area contributed by atoms with Crippen LogP contribution in [0.2, 0.25) is 0 Å². The minimum Gasteiger partial charge on any atom is -0.354 e. The normalized spacial score (nSPS) is 25.8. The molecule has 2 heterocycles. The van der Waals surface area contributed by atoms with Crippen LogP contribution in [0.4, 0.5) is 10.2 Å². The van der Waals surface area contributed by atoms with Crippen molar-refractivity contribution in [1.82, 2.24) is 9.97 Å². The summed E-state index contributed by atoms with van der Waals surface area (Å²) in [6.07, 6.45) is 5.00. The number of aromatic nitrogens is 2. The first-order valence-corrected chi connectivity index (χ1v) is 6.04. The van der Waals surface area contributed by atoms with E-state index in [1.807, 2.05) is 11.0 Å². The summed E-state index contributed by atoms with van der Waals surface area (Å²) in [7, 11) is 0. The number of anilines is 1. The van der Waals surface area contributed by atoms with E-state index in [-0.39, 0.29) is 0 Å². The van der Waals surface area contributed by atoms with Crippen molar-refractivity contribution in [1.29, 1.82) is 0 Å². The van der Waals surface area contributed by atoms with Gasteiger partial charge in [-0.1, -0.05) is 0 Å². The summed E-state index contributed by atoms with van der Waals surface area (Å²) in [6, 6.07) is 2.04. The van der Waals surface area contributed by atoms with Gasteiger partial charge < -0.3 is 4.90 Å². The standard InChI is InChI=1S/C12H16FN3/c13-10-2-1-5-16(7-10)12-6-11(9-3-4-9)14-8-15-12/h6,8-10H,1-5,7H2. The molecule has 1 saturated carbocycles. The zero-order valence-corrected chi connectivity index (χ0v) is 9.27. The lowest BCUT2D eigenvalue weighted by Crippen LogP contribution is -2.36. The average Bonchev–Trinajstić information content (AvgIpc) is 3.13. The number of alkyl halides is 1. The summed E-state index contributed by atoms with van der Waals surface area (Å²) in [5, 5.41) is 0. The predicted molar refractivity (Wildman–Crippen MR) is 60.4 cm³/mol. The molecule has 2 fully saturated rings. The van der Waals surface area contributed by atoms with Crippen LogP contribution in [0.5, 0.6) is 0 Å². The molecule has 16 heavy (non-hydrogen) atoms. The molecule has 1 aliphatic heterocycles. The molecule has 1 aromatic heterocycles. The molecule has 0 bridgehead atoms. The number of hydrogen-bond acceptors (Lipinski definition) is 3. The zero-order chi connectivity index (χ0) is 11.0. The Morgan fingerprint density at radius 3 is 2.88 bits per heavy atom. The lowest BCUT2D eigenvalue weighted by atomic mass is 10.1. The van der Waals surface area contributed by atoms with Gasteiger partial charge in [0.05, 0.1) is 6.54 Å². The van der Waals surface area contributed by atoms with Crippen molar-refractivity contribution in [2.24, 2.45) is 0 Å². The van der Waals surface area contributed by atoms with Gasteiger partial charge in [-0.05, 0) is 25.7 Å². The van der Waals surface area contributed by atoms with Gasteiger partial charge in [-0.25, -0.2) is 14.4 Å². The fraction of sp³-hybridized carbons (Fsp3) is 0.667. The van der Waals surface area contributed by atoms with E-state index in [0.29, 0.717) is 18.9 Å². The van der Waals surface area contributed by atoms with Crippen molar-refractivity contribution >= 4 is 5.82 Å². The van der Waals surface area contributed by atoms with Gasteiger partial charge >= 0.3 is 0 Å². The topological polar surface area (TPSA) is 29.0 Å². The van der Waals surface area contributed by atoms with Gasteiger partial charge in [0.2, 0.25) is 0 Å². The van der Waals surface area contributed by atoms with Crippen molar-refractivity contribution < 1.29 is 4.39 Å². The highest BCUT2D eigenvalue weighted by Gasteiger charge is 2.26. The Hall–Kier alpha value is -1.19. The maximum Gasteiger partial charge on any atom is 0.132 e. The van der Waals surface area contributed by atoms with Crippen LogP contribution in [0.3, 0.4) is 0 Å². The first-order valence-electron chi connectivity index (χ1n) is 6.04. The van der Waals surface area contributed by atoms with Crippen molar-refractivity contribution in [3.63, 3.8) is 0 Å². The summed E-state index contributed by atoms with van der Waals surface area (Å²) in [6.45, 7) is 1.41. The molecule has 0 radical (unpaired) electrons. The summed E-state index contributed by atoms with van der Waals surface area (Å²) in [4.78, 5) is 10.6. The Balaban J connectivity index is 1.79. The molecule has 0 N–H and O–H groups in total. The highest BCUT2D eigenvalue weighted by atomic mass is 19.1. The quantitative estimate of drug-likeness (QED) is 0.767. The molecule has 0 amide bonds. The molecule has 1 aliphatic carbocycles. The second-order valence-electron chi connectivity index (χ2n) is 4.76. The van der Waals surface area contributed by atoms with E-state index in [2.05, 4.69) is 9.97 Å². The van der Waals surface area contributed by atoms with Crippen molar-refractivity contribution in [2.75, 3.05) is 18.0 Å². The molecule has 0 aromatic carbocycles. The maximum absolute atomic E-state index is 13.3. The van der Waals surface area contributed by atoms with E-state index in [1.54, 1.807) is 6.33 Å². The maximum atomic E-state index is 13.3. The van der Waals surface area contributed by atoms with Gasteiger partial charge in [0.15, 0.2) is 0 Å². The molecule has 1 atom stereocenters. The number of halogens is 1. The Morgan fingerprint density at radius 1 is 1.25 bits per heavy atom. The molecule has 4 heteroatoms. The fourth-order valence-electron chi connectivity index (χ4n) is 2.27. The molecule has 3 nitrogen and oxygen atoms in total. The van der Waals surface area contributed by atoms with E-state index in [1.165, 1.54) is 12.8 Å². The van der Waals surface area contributed by atoms with Gasteiger partial charge in [-0.2, -0.15) is 0 Å². The molecule has 1 unspecified atom stereocenters. The Morgan fingerprint density at radius 2 is 2.12 bits per heavy atom. The van der Waals surface area contributed by atoms with E-state index >= 15 is 0 Å². The summed E-state index contributed by atoms with van der Waals surface area (Å²) >= 11 is 0. The lowest BCUT2D eigenvalue weighted by Gasteiger charge is -2.29. The zero-order valence-electron chi connectivity index (χ0n) is 9.27.